The van der Waals surface area contributed by atoms with Crippen LogP contribution in [0.1, 0.15) is 25.2 Å². The van der Waals surface area contributed by atoms with Gasteiger partial charge < -0.3 is 19.4 Å². The molecule has 1 saturated heterocycles. The first-order valence-corrected chi connectivity index (χ1v) is 6.92. The molecule has 0 bridgehead atoms. The molecule has 1 saturated carbocycles. The molecule has 5 heteroatoms. The van der Waals surface area contributed by atoms with Crippen LogP contribution in [0.5, 0.6) is 0 Å². The normalized spacial score (nSPS) is 30.2. The Balaban J connectivity index is 1.51. The van der Waals surface area contributed by atoms with Crippen molar-refractivity contribution in [2.24, 2.45) is 11.8 Å². The van der Waals surface area contributed by atoms with Gasteiger partial charge in [0.2, 0.25) is 0 Å². The Morgan fingerprint density at radius 1 is 1.58 bits per heavy atom. The highest BCUT2D eigenvalue weighted by atomic mass is 16.5. The van der Waals surface area contributed by atoms with Gasteiger partial charge in [-0.1, -0.05) is 6.92 Å². The van der Waals surface area contributed by atoms with Crippen LogP contribution in [0.3, 0.4) is 0 Å². The molecule has 3 atom stereocenters. The van der Waals surface area contributed by atoms with E-state index >= 15 is 0 Å². The van der Waals surface area contributed by atoms with E-state index in [2.05, 4.69) is 12.2 Å². The van der Waals surface area contributed by atoms with Crippen LogP contribution in [-0.4, -0.2) is 37.2 Å². The molecule has 1 aromatic heterocycles. The van der Waals surface area contributed by atoms with Gasteiger partial charge in [0.1, 0.15) is 11.9 Å². The minimum Gasteiger partial charge on any atom is -0.467 e. The van der Waals surface area contributed by atoms with Crippen molar-refractivity contribution in [3.05, 3.63) is 24.2 Å². The maximum absolute atomic E-state index is 12.1. The molecule has 2 fully saturated rings. The third-order valence-corrected chi connectivity index (χ3v) is 4.01. The average molecular weight is 264 g/mol. The number of nitrogens with one attached hydrogen (secondary N) is 1. The van der Waals surface area contributed by atoms with E-state index in [4.69, 9.17) is 9.15 Å². The molecule has 1 aliphatic heterocycles. The predicted octanol–water partition coefficient (Wildman–Crippen LogP) is 2.02. The number of carbonyl (C=O) groups is 1. The standard InChI is InChI=1S/C14H20N2O3/c1-10-7-11(10)8-15-14(17)16-4-6-19-13(9-16)12-3-2-5-18-12/h2-3,5,10-11,13H,4,6-9H2,1H3,(H,15,17). The summed E-state index contributed by atoms with van der Waals surface area (Å²) in [6, 6.07) is 3.74. The first-order chi connectivity index (χ1) is 9.24. The van der Waals surface area contributed by atoms with Crippen molar-refractivity contribution >= 4 is 6.03 Å². The SMILES string of the molecule is CC1CC1CNC(=O)N1CCOC(c2ccco2)C1. The van der Waals surface area contributed by atoms with Crippen LogP contribution < -0.4 is 5.32 Å². The lowest BCUT2D eigenvalue weighted by Crippen LogP contribution is -2.47. The van der Waals surface area contributed by atoms with Crippen molar-refractivity contribution in [2.75, 3.05) is 26.2 Å². The summed E-state index contributed by atoms with van der Waals surface area (Å²) in [5.74, 6) is 2.22. The number of amides is 2. The fourth-order valence-electron chi connectivity index (χ4n) is 2.49. The number of furan rings is 1. The molecule has 2 heterocycles. The van der Waals surface area contributed by atoms with Crippen molar-refractivity contribution in [1.82, 2.24) is 10.2 Å². The molecule has 0 spiro atoms. The first-order valence-electron chi connectivity index (χ1n) is 6.92. The van der Waals surface area contributed by atoms with Crippen LogP contribution in [0.25, 0.3) is 0 Å². The van der Waals surface area contributed by atoms with Crippen molar-refractivity contribution < 1.29 is 13.9 Å². The lowest BCUT2D eigenvalue weighted by molar-refractivity contribution is -0.0260. The zero-order valence-electron chi connectivity index (χ0n) is 11.2. The Morgan fingerprint density at radius 2 is 2.42 bits per heavy atom. The molecule has 3 unspecified atom stereocenters. The summed E-state index contributed by atoms with van der Waals surface area (Å²) >= 11 is 0. The number of carbonyl (C=O) groups excluding carboxylic acids is 1. The average Bonchev–Trinajstić information content (AvgIpc) is 2.94. The van der Waals surface area contributed by atoms with Crippen molar-refractivity contribution in [1.29, 1.82) is 0 Å². The summed E-state index contributed by atoms with van der Waals surface area (Å²) in [4.78, 5) is 13.9. The third kappa shape index (κ3) is 2.92. The predicted molar refractivity (Wildman–Crippen MR) is 69.6 cm³/mol. The monoisotopic (exact) mass is 264 g/mol. The maximum Gasteiger partial charge on any atom is 0.317 e. The topological polar surface area (TPSA) is 54.7 Å². The molecular formula is C14H20N2O3. The van der Waals surface area contributed by atoms with Crippen LogP contribution in [-0.2, 0) is 4.74 Å². The second-order valence-corrected chi connectivity index (χ2v) is 5.48. The van der Waals surface area contributed by atoms with Crippen LogP contribution in [0, 0.1) is 11.8 Å². The molecule has 5 nitrogen and oxygen atoms in total. The fourth-order valence-corrected chi connectivity index (χ4v) is 2.49. The lowest BCUT2D eigenvalue weighted by Gasteiger charge is -2.32. The van der Waals surface area contributed by atoms with E-state index < -0.39 is 0 Å². The van der Waals surface area contributed by atoms with E-state index in [1.807, 2.05) is 17.0 Å². The first kappa shape index (κ1) is 12.5. The number of hydrogen-bond acceptors (Lipinski definition) is 3. The van der Waals surface area contributed by atoms with Gasteiger partial charge in [0, 0.05) is 13.1 Å². The molecule has 1 N–H and O–H groups in total. The number of ether oxygens (including phenoxy) is 1. The van der Waals surface area contributed by atoms with E-state index in [0.717, 1.165) is 18.2 Å². The fraction of sp³-hybridized carbons (Fsp3) is 0.643. The van der Waals surface area contributed by atoms with Gasteiger partial charge in [-0.25, -0.2) is 4.79 Å². The van der Waals surface area contributed by atoms with E-state index in [-0.39, 0.29) is 12.1 Å². The van der Waals surface area contributed by atoms with Crippen LogP contribution in [0.4, 0.5) is 4.79 Å². The minimum atomic E-state index is -0.144. The number of nitrogens with zero attached hydrogens (tertiary/aromatic N) is 1. The summed E-state index contributed by atoms with van der Waals surface area (Å²) in [5.41, 5.74) is 0. The van der Waals surface area contributed by atoms with Crippen molar-refractivity contribution in [3.8, 4) is 0 Å². The van der Waals surface area contributed by atoms with Gasteiger partial charge in [0.05, 0.1) is 19.4 Å². The second kappa shape index (κ2) is 5.25. The Hall–Kier alpha value is -1.49. The van der Waals surface area contributed by atoms with E-state index in [0.29, 0.717) is 25.6 Å². The Kier molecular flexibility index (Phi) is 3.46. The number of urea groups is 1. The van der Waals surface area contributed by atoms with Gasteiger partial charge >= 0.3 is 6.03 Å². The molecule has 0 radical (unpaired) electrons. The van der Waals surface area contributed by atoms with E-state index in [1.54, 1.807) is 6.26 Å². The number of hydrogen-bond donors (Lipinski definition) is 1. The van der Waals surface area contributed by atoms with Crippen molar-refractivity contribution in [3.63, 3.8) is 0 Å². The van der Waals surface area contributed by atoms with Gasteiger partial charge in [-0.2, -0.15) is 0 Å². The summed E-state index contributed by atoms with van der Waals surface area (Å²) in [7, 11) is 0. The summed E-state index contributed by atoms with van der Waals surface area (Å²) in [6.07, 6.45) is 2.72. The molecule has 0 aromatic carbocycles. The molecule has 104 valence electrons. The summed E-state index contributed by atoms with van der Waals surface area (Å²) < 4.78 is 11.0. The highest BCUT2D eigenvalue weighted by Gasteiger charge is 2.33. The highest BCUT2D eigenvalue weighted by Crippen LogP contribution is 2.36. The minimum absolute atomic E-state index is 0.0129. The molecule has 1 aromatic rings. The van der Waals surface area contributed by atoms with E-state index in [1.165, 1.54) is 6.42 Å². The molecule has 3 rings (SSSR count). The summed E-state index contributed by atoms with van der Waals surface area (Å²) in [5, 5.41) is 3.01. The number of morpholine rings is 1. The van der Waals surface area contributed by atoms with Crippen LogP contribution >= 0.6 is 0 Å². The van der Waals surface area contributed by atoms with Crippen LogP contribution in [0.15, 0.2) is 22.8 Å². The smallest absolute Gasteiger partial charge is 0.317 e. The molecule has 19 heavy (non-hydrogen) atoms. The molecule has 2 aliphatic rings. The third-order valence-electron chi connectivity index (χ3n) is 4.01. The summed E-state index contributed by atoms with van der Waals surface area (Å²) in [6.45, 7) is 4.77. The molecule has 1 aliphatic carbocycles. The zero-order chi connectivity index (χ0) is 13.2. The van der Waals surface area contributed by atoms with Gasteiger partial charge in [-0.3, -0.25) is 0 Å². The molecular weight excluding hydrogens is 244 g/mol. The van der Waals surface area contributed by atoms with Gasteiger partial charge in [0.25, 0.3) is 0 Å². The zero-order valence-corrected chi connectivity index (χ0v) is 11.2. The van der Waals surface area contributed by atoms with Crippen LogP contribution in [0.2, 0.25) is 0 Å². The Morgan fingerprint density at radius 3 is 3.11 bits per heavy atom. The second-order valence-electron chi connectivity index (χ2n) is 5.48. The Labute approximate surface area is 112 Å². The maximum atomic E-state index is 12.1. The quantitative estimate of drug-likeness (QED) is 0.908. The van der Waals surface area contributed by atoms with Gasteiger partial charge in [0.15, 0.2) is 0 Å². The largest absolute Gasteiger partial charge is 0.467 e. The van der Waals surface area contributed by atoms with Crippen molar-refractivity contribution in [2.45, 2.75) is 19.4 Å². The van der Waals surface area contributed by atoms with Gasteiger partial charge in [-0.15, -0.1) is 0 Å². The van der Waals surface area contributed by atoms with E-state index in [9.17, 15) is 4.79 Å². The highest BCUT2D eigenvalue weighted by molar-refractivity contribution is 5.74. The Bertz CT molecular complexity index is 432. The molecule has 2 amide bonds. The van der Waals surface area contributed by atoms with Gasteiger partial charge in [-0.05, 0) is 30.4 Å². The lowest BCUT2D eigenvalue weighted by atomic mass is 10.2. The number of rotatable bonds is 3.